The van der Waals surface area contributed by atoms with Crippen LogP contribution in [-0.4, -0.2) is 34.8 Å². The van der Waals surface area contributed by atoms with Crippen LogP contribution in [0.5, 0.6) is 0 Å². The van der Waals surface area contributed by atoms with Crippen molar-refractivity contribution in [3.8, 4) is 0 Å². The maximum absolute atomic E-state index is 12.4. The van der Waals surface area contributed by atoms with Crippen LogP contribution < -0.4 is 5.32 Å². The molecule has 0 aromatic rings. The topological polar surface area (TPSA) is 49.4 Å². The first-order valence-electron chi connectivity index (χ1n) is 7.04. The summed E-state index contributed by atoms with van der Waals surface area (Å²) in [5.41, 5.74) is 0. The molecule has 0 bridgehead atoms. The number of hydrogen-bond acceptors (Lipinski definition) is 2. The van der Waals surface area contributed by atoms with E-state index in [0.29, 0.717) is 12.3 Å². The van der Waals surface area contributed by atoms with E-state index in [4.69, 9.17) is 0 Å². The molecule has 0 aromatic carbocycles. The van der Waals surface area contributed by atoms with Gasteiger partial charge < -0.3 is 10.2 Å². The predicted molar refractivity (Wildman–Crippen MR) is 72.1 cm³/mol. The van der Waals surface area contributed by atoms with Crippen molar-refractivity contribution in [1.29, 1.82) is 0 Å². The number of amides is 2. The Morgan fingerprint density at radius 1 is 1.22 bits per heavy atom. The lowest BCUT2D eigenvalue weighted by molar-refractivity contribution is -0.152. The molecule has 4 heteroatoms. The second-order valence-corrected chi connectivity index (χ2v) is 5.62. The van der Waals surface area contributed by atoms with Crippen molar-refractivity contribution >= 4 is 11.8 Å². The molecule has 1 aliphatic heterocycles. The molecule has 104 valence electrons. The number of hydrogen-bond donors (Lipinski definition) is 1. The molecule has 0 aromatic heterocycles. The quantitative estimate of drug-likeness (QED) is 0.815. The van der Waals surface area contributed by atoms with Crippen molar-refractivity contribution in [2.75, 3.05) is 0 Å². The fourth-order valence-electron chi connectivity index (χ4n) is 2.45. The van der Waals surface area contributed by atoms with Crippen LogP contribution in [0.3, 0.4) is 0 Å². The van der Waals surface area contributed by atoms with Crippen LogP contribution in [-0.2, 0) is 9.59 Å². The lowest BCUT2D eigenvalue weighted by atomic mass is 9.95. The van der Waals surface area contributed by atoms with E-state index in [9.17, 15) is 9.59 Å². The van der Waals surface area contributed by atoms with Crippen LogP contribution in [0, 0.1) is 5.92 Å². The summed E-state index contributed by atoms with van der Waals surface area (Å²) in [6, 6.07) is -0.508. The van der Waals surface area contributed by atoms with Crippen molar-refractivity contribution in [2.24, 2.45) is 5.92 Å². The number of nitrogens with one attached hydrogen (secondary N) is 1. The SMILES string of the molecule is CCC1NC(=O)C(CC(C)C)N(C(C)CC)C1=O. The zero-order valence-corrected chi connectivity index (χ0v) is 12.2. The summed E-state index contributed by atoms with van der Waals surface area (Å²) in [6.07, 6.45) is 2.27. The van der Waals surface area contributed by atoms with Gasteiger partial charge in [0, 0.05) is 6.04 Å². The average Bonchev–Trinajstić information content (AvgIpc) is 2.32. The number of carbonyl (C=O) groups excluding carboxylic acids is 2. The number of nitrogens with zero attached hydrogens (tertiary/aromatic N) is 1. The highest BCUT2D eigenvalue weighted by Crippen LogP contribution is 2.22. The minimum atomic E-state index is -0.338. The Morgan fingerprint density at radius 2 is 1.83 bits per heavy atom. The molecule has 0 aliphatic carbocycles. The molecule has 18 heavy (non-hydrogen) atoms. The van der Waals surface area contributed by atoms with E-state index in [1.54, 1.807) is 0 Å². The van der Waals surface area contributed by atoms with Gasteiger partial charge in [-0.1, -0.05) is 27.7 Å². The van der Waals surface area contributed by atoms with E-state index in [1.807, 2.05) is 18.7 Å². The van der Waals surface area contributed by atoms with E-state index in [2.05, 4.69) is 26.1 Å². The van der Waals surface area contributed by atoms with Crippen LogP contribution in [0.25, 0.3) is 0 Å². The fourth-order valence-corrected chi connectivity index (χ4v) is 2.45. The molecule has 1 N–H and O–H groups in total. The first-order chi connectivity index (χ1) is 8.42. The zero-order chi connectivity index (χ0) is 13.9. The van der Waals surface area contributed by atoms with Crippen molar-refractivity contribution in [1.82, 2.24) is 10.2 Å². The van der Waals surface area contributed by atoms with Gasteiger partial charge in [0.2, 0.25) is 11.8 Å². The fraction of sp³-hybridized carbons (Fsp3) is 0.857. The van der Waals surface area contributed by atoms with Gasteiger partial charge in [0.1, 0.15) is 12.1 Å². The van der Waals surface area contributed by atoms with Crippen molar-refractivity contribution in [3.63, 3.8) is 0 Å². The maximum atomic E-state index is 12.4. The largest absolute Gasteiger partial charge is 0.343 e. The van der Waals surface area contributed by atoms with Crippen LogP contribution in [0.2, 0.25) is 0 Å². The summed E-state index contributed by atoms with van der Waals surface area (Å²) in [7, 11) is 0. The van der Waals surface area contributed by atoms with Crippen molar-refractivity contribution in [2.45, 2.75) is 72.0 Å². The van der Waals surface area contributed by atoms with Crippen LogP contribution in [0.4, 0.5) is 0 Å². The first kappa shape index (κ1) is 15.0. The molecule has 1 fully saturated rings. The number of rotatable bonds is 5. The van der Waals surface area contributed by atoms with E-state index >= 15 is 0 Å². The highest BCUT2D eigenvalue weighted by atomic mass is 16.2. The van der Waals surface area contributed by atoms with Gasteiger partial charge in [-0.3, -0.25) is 9.59 Å². The summed E-state index contributed by atoms with van der Waals surface area (Å²) in [5, 5.41) is 2.85. The standard InChI is InChI=1S/C14H26N2O2/c1-6-10(5)16-12(8-9(3)4)13(17)15-11(7-2)14(16)18/h9-12H,6-8H2,1-5H3,(H,15,17). The Balaban J connectivity index is 2.98. The molecular formula is C14H26N2O2. The minimum absolute atomic E-state index is 0.00968. The predicted octanol–water partition coefficient (Wildman–Crippen LogP) is 1.94. The third kappa shape index (κ3) is 3.03. The van der Waals surface area contributed by atoms with E-state index < -0.39 is 0 Å². The monoisotopic (exact) mass is 254 g/mol. The zero-order valence-electron chi connectivity index (χ0n) is 12.2. The molecule has 0 radical (unpaired) electrons. The van der Waals surface area contributed by atoms with E-state index in [1.165, 1.54) is 0 Å². The Bertz CT molecular complexity index is 315. The summed E-state index contributed by atoms with van der Waals surface area (Å²) in [4.78, 5) is 26.4. The lowest BCUT2D eigenvalue weighted by Gasteiger charge is -2.42. The molecule has 0 spiro atoms. The summed E-state index contributed by atoms with van der Waals surface area (Å²) >= 11 is 0. The van der Waals surface area contributed by atoms with Crippen LogP contribution >= 0.6 is 0 Å². The van der Waals surface area contributed by atoms with Gasteiger partial charge in [-0.05, 0) is 32.1 Å². The molecule has 1 saturated heterocycles. The van der Waals surface area contributed by atoms with Gasteiger partial charge in [0.25, 0.3) is 0 Å². The van der Waals surface area contributed by atoms with Crippen LogP contribution in [0.15, 0.2) is 0 Å². The van der Waals surface area contributed by atoms with Crippen molar-refractivity contribution < 1.29 is 9.59 Å². The smallest absolute Gasteiger partial charge is 0.246 e. The minimum Gasteiger partial charge on any atom is -0.343 e. The lowest BCUT2D eigenvalue weighted by Crippen LogP contribution is -2.65. The number of carbonyl (C=O) groups is 2. The summed E-state index contributed by atoms with van der Waals surface area (Å²) in [5.74, 6) is 0.492. The second-order valence-electron chi connectivity index (χ2n) is 5.62. The highest BCUT2D eigenvalue weighted by molar-refractivity contribution is 5.97. The highest BCUT2D eigenvalue weighted by Gasteiger charge is 2.41. The Hall–Kier alpha value is -1.06. The average molecular weight is 254 g/mol. The second kappa shape index (κ2) is 6.21. The van der Waals surface area contributed by atoms with Gasteiger partial charge in [-0.25, -0.2) is 0 Å². The molecule has 1 heterocycles. The molecule has 1 rings (SSSR count). The molecule has 0 saturated carbocycles. The Kier molecular flexibility index (Phi) is 5.17. The molecule has 4 nitrogen and oxygen atoms in total. The molecular weight excluding hydrogens is 228 g/mol. The van der Waals surface area contributed by atoms with Gasteiger partial charge in [0.05, 0.1) is 0 Å². The molecule has 3 atom stereocenters. The Labute approximate surface area is 110 Å². The molecule has 3 unspecified atom stereocenters. The normalized spacial score (nSPS) is 26.4. The summed E-state index contributed by atoms with van der Waals surface area (Å²) in [6.45, 7) is 10.2. The molecule has 1 aliphatic rings. The Morgan fingerprint density at radius 3 is 2.28 bits per heavy atom. The van der Waals surface area contributed by atoms with Gasteiger partial charge in [0.15, 0.2) is 0 Å². The van der Waals surface area contributed by atoms with Crippen LogP contribution in [0.1, 0.15) is 53.9 Å². The molecule has 2 amide bonds. The summed E-state index contributed by atoms with van der Waals surface area (Å²) < 4.78 is 0. The van der Waals surface area contributed by atoms with Crippen molar-refractivity contribution in [3.05, 3.63) is 0 Å². The number of piperazine rings is 1. The van der Waals surface area contributed by atoms with Gasteiger partial charge >= 0.3 is 0 Å². The van der Waals surface area contributed by atoms with E-state index in [0.717, 1.165) is 12.8 Å². The van der Waals surface area contributed by atoms with Gasteiger partial charge in [-0.2, -0.15) is 0 Å². The third-order valence-electron chi connectivity index (χ3n) is 3.68. The third-order valence-corrected chi connectivity index (χ3v) is 3.68. The first-order valence-corrected chi connectivity index (χ1v) is 7.04. The van der Waals surface area contributed by atoms with Gasteiger partial charge in [-0.15, -0.1) is 0 Å². The maximum Gasteiger partial charge on any atom is 0.246 e. The van der Waals surface area contributed by atoms with E-state index in [-0.39, 0.29) is 29.9 Å².